The van der Waals surface area contributed by atoms with Crippen molar-refractivity contribution in [2.24, 2.45) is 5.11 Å². The summed E-state index contributed by atoms with van der Waals surface area (Å²) in [7, 11) is 0. The Labute approximate surface area is 56.6 Å². The van der Waals surface area contributed by atoms with Crippen molar-refractivity contribution in [2.45, 2.75) is 26.2 Å². The Hall–Kier alpha value is -0.400. The van der Waals surface area contributed by atoms with Crippen LogP contribution in [0.2, 0.25) is 0 Å². The highest BCUT2D eigenvalue weighted by Gasteiger charge is 2.05. The third-order valence-corrected chi connectivity index (χ3v) is 1.74. The van der Waals surface area contributed by atoms with Crippen LogP contribution in [0, 0.1) is 0 Å². The number of nitrogens with zero attached hydrogens (tertiary/aromatic N) is 2. The highest BCUT2D eigenvalue weighted by Crippen LogP contribution is 2.01. The van der Waals surface area contributed by atoms with E-state index < -0.39 is 0 Å². The average Bonchev–Trinajstić information content (AvgIpc) is 2.13. The monoisotopic (exact) mass is 127 g/mol. The molecule has 1 aliphatic rings. The van der Waals surface area contributed by atoms with Crippen LogP contribution in [-0.2, 0) is 0 Å². The van der Waals surface area contributed by atoms with E-state index in [4.69, 9.17) is 0 Å². The summed E-state index contributed by atoms with van der Waals surface area (Å²) in [5, 5.41) is 4.38. The van der Waals surface area contributed by atoms with Crippen molar-refractivity contribution in [1.29, 1.82) is 0 Å². The van der Waals surface area contributed by atoms with Gasteiger partial charge in [-0.25, -0.2) is 0 Å². The van der Waals surface area contributed by atoms with E-state index in [1.54, 1.807) is 0 Å². The van der Waals surface area contributed by atoms with Crippen molar-refractivity contribution in [3.05, 3.63) is 0 Å². The highest BCUT2D eigenvalue weighted by atomic mass is 15.3. The Balaban J connectivity index is 2.37. The Morgan fingerprint density at radius 3 is 3.00 bits per heavy atom. The van der Waals surface area contributed by atoms with Crippen LogP contribution in [0.15, 0.2) is 5.11 Å². The van der Waals surface area contributed by atoms with E-state index in [-0.39, 0.29) is 0 Å². The summed E-state index contributed by atoms with van der Waals surface area (Å²) in [6.07, 6.45) is 3.98. The first-order chi connectivity index (χ1) is 4.43. The van der Waals surface area contributed by atoms with E-state index in [9.17, 15) is 0 Å². The molecule has 0 saturated carbocycles. The predicted octanol–water partition coefficient (Wildman–Crippen LogP) is 1.65. The van der Waals surface area contributed by atoms with Crippen molar-refractivity contribution in [1.82, 2.24) is 0 Å². The molecule has 0 aromatic heterocycles. The van der Waals surface area contributed by atoms with Crippen LogP contribution in [0.25, 0.3) is 0 Å². The van der Waals surface area contributed by atoms with Gasteiger partial charge in [-0.1, -0.05) is 0 Å². The lowest BCUT2D eigenvalue weighted by atomic mass is 10.2. The molecule has 0 aliphatic carbocycles. The average molecular weight is 127 g/mol. The molecule has 0 saturated heterocycles. The van der Waals surface area contributed by atoms with Crippen LogP contribution in [0.3, 0.4) is 0 Å². The molecule has 0 N–H and O–H groups in total. The summed E-state index contributed by atoms with van der Waals surface area (Å²) in [6.45, 7) is 5.47. The van der Waals surface area contributed by atoms with Gasteiger partial charge in [-0.15, -0.1) is 4.70 Å². The molecule has 0 fully saturated rings. The Morgan fingerprint density at radius 1 is 1.33 bits per heavy atom. The van der Waals surface area contributed by atoms with E-state index in [2.05, 4.69) is 16.7 Å². The van der Waals surface area contributed by atoms with Crippen LogP contribution >= 0.6 is 0 Å². The second-order valence-corrected chi connectivity index (χ2v) is 2.47. The SMILES string of the molecule is CC[N+]1=NCCCCC1. The first-order valence-electron chi connectivity index (χ1n) is 3.86. The molecule has 9 heavy (non-hydrogen) atoms. The van der Waals surface area contributed by atoms with Crippen LogP contribution in [0.5, 0.6) is 0 Å². The summed E-state index contributed by atoms with van der Waals surface area (Å²) in [5.41, 5.74) is 0. The fourth-order valence-corrected chi connectivity index (χ4v) is 1.12. The standard InChI is InChI=1S/C7H15N2/c1-2-9-7-5-3-4-6-8-9/h2-7H2,1H3/q+1. The molecule has 1 aliphatic heterocycles. The third kappa shape index (κ3) is 2.12. The van der Waals surface area contributed by atoms with E-state index >= 15 is 0 Å². The molecule has 0 aromatic carbocycles. The Morgan fingerprint density at radius 2 is 2.22 bits per heavy atom. The van der Waals surface area contributed by atoms with Crippen molar-refractivity contribution in [3.63, 3.8) is 0 Å². The van der Waals surface area contributed by atoms with E-state index in [1.165, 1.54) is 25.8 Å². The summed E-state index contributed by atoms with van der Waals surface area (Å²) in [5.74, 6) is 0. The van der Waals surface area contributed by atoms with Gasteiger partial charge in [-0.2, -0.15) is 0 Å². The van der Waals surface area contributed by atoms with Gasteiger partial charge < -0.3 is 0 Å². The third-order valence-electron chi connectivity index (χ3n) is 1.74. The van der Waals surface area contributed by atoms with Crippen molar-refractivity contribution < 1.29 is 4.70 Å². The van der Waals surface area contributed by atoms with Gasteiger partial charge in [0.15, 0.2) is 13.1 Å². The van der Waals surface area contributed by atoms with Crippen LogP contribution in [0.4, 0.5) is 0 Å². The van der Waals surface area contributed by atoms with Crippen molar-refractivity contribution in [3.8, 4) is 0 Å². The van der Waals surface area contributed by atoms with Crippen LogP contribution < -0.4 is 0 Å². The zero-order valence-electron chi connectivity index (χ0n) is 6.14. The lowest BCUT2D eigenvalue weighted by molar-refractivity contribution is -0.590. The minimum Gasteiger partial charge on any atom is -0.128 e. The van der Waals surface area contributed by atoms with E-state index in [0.717, 1.165) is 13.1 Å². The zero-order valence-corrected chi connectivity index (χ0v) is 6.14. The topological polar surface area (TPSA) is 15.4 Å². The molecule has 0 amide bonds. The van der Waals surface area contributed by atoms with Crippen LogP contribution in [-0.4, -0.2) is 24.3 Å². The number of hydrogen-bond donors (Lipinski definition) is 0. The summed E-state index contributed by atoms with van der Waals surface area (Å²) in [4.78, 5) is 0. The molecule has 0 bridgehead atoms. The predicted molar refractivity (Wildman–Crippen MR) is 36.8 cm³/mol. The van der Waals surface area contributed by atoms with Gasteiger partial charge in [0.1, 0.15) is 6.54 Å². The lowest BCUT2D eigenvalue weighted by Gasteiger charge is -1.90. The molecule has 0 aromatic rings. The molecule has 1 rings (SSSR count). The maximum Gasteiger partial charge on any atom is 0.168 e. The number of azo groups is 2. The molecular formula is C7H15N2+. The smallest absolute Gasteiger partial charge is 0.128 e. The molecule has 0 atom stereocenters. The minimum atomic E-state index is 1.05. The van der Waals surface area contributed by atoms with E-state index in [1.807, 2.05) is 0 Å². The quantitative estimate of drug-likeness (QED) is 0.476. The second kappa shape index (κ2) is 3.59. The summed E-state index contributed by atoms with van der Waals surface area (Å²) >= 11 is 0. The van der Waals surface area contributed by atoms with Crippen molar-refractivity contribution in [2.75, 3.05) is 19.6 Å². The zero-order chi connectivity index (χ0) is 6.53. The van der Waals surface area contributed by atoms with Crippen LogP contribution in [0.1, 0.15) is 26.2 Å². The maximum atomic E-state index is 4.38. The number of hydrogen-bond acceptors (Lipinski definition) is 1. The molecule has 1 heterocycles. The summed E-state index contributed by atoms with van der Waals surface area (Å²) in [6, 6.07) is 0. The van der Waals surface area contributed by atoms with Gasteiger partial charge in [-0.05, 0) is 24.9 Å². The van der Waals surface area contributed by atoms with Gasteiger partial charge in [-0.3, -0.25) is 0 Å². The molecule has 0 unspecified atom stereocenters. The number of rotatable bonds is 1. The molecule has 0 spiro atoms. The maximum absolute atomic E-state index is 4.38. The molecular weight excluding hydrogens is 112 g/mol. The Bertz CT molecular complexity index is 107. The van der Waals surface area contributed by atoms with E-state index in [0.29, 0.717) is 0 Å². The minimum absolute atomic E-state index is 1.05. The lowest BCUT2D eigenvalue weighted by Crippen LogP contribution is -2.08. The van der Waals surface area contributed by atoms with Gasteiger partial charge >= 0.3 is 0 Å². The van der Waals surface area contributed by atoms with Gasteiger partial charge in [0.2, 0.25) is 0 Å². The first kappa shape index (κ1) is 6.72. The Kier molecular flexibility index (Phi) is 2.68. The normalized spacial score (nSPS) is 20.8. The van der Waals surface area contributed by atoms with Gasteiger partial charge in [0, 0.05) is 6.42 Å². The fourth-order valence-electron chi connectivity index (χ4n) is 1.12. The van der Waals surface area contributed by atoms with Crippen molar-refractivity contribution >= 4 is 0 Å². The highest BCUT2D eigenvalue weighted by molar-refractivity contribution is 4.44. The second-order valence-electron chi connectivity index (χ2n) is 2.47. The summed E-state index contributed by atoms with van der Waals surface area (Å²) < 4.78 is 2.17. The molecule has 2 heteroatoms. The largest absolute Gasteiger partial charge is 0.168 e. The molecule has 52 valence electrons. The van der Waals surface area contributed by atoms with Gasteiger partial charge in [0.25, 0.3) is 0 Å². The molecule has 0 radical (unpaired) electrons. The molecule has 2 nitrogen and oxygen atoms in total. The fraction of sp³-hybridized carbons (Fsp3) is 1.00. The first-order valence-corrected chi connectivity index (χ1v) is 3.86. The van der Waals surface area contributed by atoms with Gasteiger partial charge in [0.05, 0.1) is 0 Å².